The van der Waals surface area contributed by atoms with Gasteiger partial charge in [0.2, 0.25) is 0 Å². The fraction of sp³-hybridized carbons (Fsp3) is 0.895. The van der Waals surface area contributed by atoms with Crippen LogP contribution in [0.15, 0.2) is 12.2 Å². The Morgan fingerprint density at radius 2 is 1.40 bits per heavy atom. The summed E-state index contributed by atoms with van der Waals surface area (Å²) < 4.78 is 5.90. The Labute approximate surface area is 128 Å². The van der Waals surface area contributed by atoms with E-state index < -0.39 is 0 Å². The van der Waals surface area contributed by atoms with E-state index in [0.29, 0.717) is 6.10 Å². The Kier molecular flexibility index (Phi) is 16.5. The van der Waals surface area contributed by atoms with Gasteiger partial charge in [0.05, 0.1) is 6.10 Å². The molecule has 0 aliphatic carbocycles. The van der Waals surface area contributed by atoms with E-state index in [2.05, 4.69) is 32.9 Å². The van der Waals surface area contributed by atoms with Crippen LogP contribution in [0, 0.1) is 0 Å². The van der Waals surface area contributed by atoms with E-state index in [4.69, 9.17) is 4.74 Å². The fourth-order valence-electron chi connectivity index (χ4n) is 2.36. The summed E-state index contributed by atoms with van der Waals surface area (Å²) >= 11 is 0. The van der Waals surface area contributed by atoms with Crippen molar-refractivity contribution >= 4 is 0 Å². The van der Waals surface area contributed by atoms with Crippen LogP contribution in [0.2, 0.25) is 0 Å². The van der Waals surface area contributed by atoms with E-state index in [1.54, 1.807) is 0 Å². The summed E-state index contributed by atoms with van der Waals surface area (Å²) in [4.78, 5) is 0. The Bertz CT molecular complexity index is 198. The van der Waals surface area contributed by atoms with E-state index in [1.807, 2.05) is 0 Å². The maximum atomic E-state index is 5.90. The first-order valence-corrected chi connectivity index (χ1v) is 9.11. The predicted octanol–water partition coefficient (Wildman–Crippen LogP) is 6.67. The minimum absolute atomic E-state index is 0.500. The molecule has 0 heterocycles. The topological polar surface area (TPSA) is 9.23 Å². The minimum atomic E-state index is 0.500. The maximum Gasteiger partial charge on any atom is 0.0572 e. The van der Waals surface area contributed by atoms with Crippen LogP contribution >= 0.6 is 0 Å². The summed E-state index contributed by atoms with van der Waals surface area (Å²) in [5, 5.41) is 0. The molecule has 1 nitrogen and oxygen atoms in total. The third kappa shape index (κ3) is 14.1. The van der Waals surface area contributed by atoms with E-state index >= 15 is 0 Å². The molecule has 0 N–H and O–H groups in total. The van der Waals surface area contributed by atoms with Crippen LogP contribution in [-0.4, -0.2) is 12.7 Å². The molecule has 0 rings (SSSR count). The lowest BCUT2D eigenvalue weighted by atomic mass is 10.1. The smallest absolute Gasteiger partial charge is 0.0572 e. The first-order valence-electron chi connectivity index (χ1n) is 9.11. The molecule has 0 saturated heterocycles. The number of ether oxygens (including phenoxy) is 1. The molecule has 0 amide bonds. The van der Waals surface area contributed by atoms with Gasteiger partial charge in [-0.15, -0.1) is 0 Å². The van der Waals surface area contributed by atoms with Gasteiger partial charge in [0, 0.05) is 6.61 Å². The molecule has 120 valence electrons. The SMILES string of the molecule is CCCCCCC=CCCCCC(CC)OCCCC. The highest BCUT2D eigenvalue weighted by molar-refractivity contribution is 4.81. The van der Waals surface area contributed by atoms with Crippen molar-refractivity contribution in [1.82, 2.24) is 0 Å². The number of hydrogen-bond donors (Lipinski definition) is 0. The molecule has 1 heteroatoms. The first kappa shape index (κ1) is 19.7. The third-order valence-electron chi connectivity index (χ3n) is 3.84. The van der Waals surface area contributed by atoms with Crippen molar-refractivity contribution in [3.8, 4) is 0 Å². The molecule has 1 atom stereocenters. The molecular weight excluding hydrogens is 244 g/mol. The monoisotopic (exact) mass is 282 g/mol. The van der Waals surface area contributed by atoms with Crippen molar-refractivity contribution in [1.29, 1.82) is 0 Å². The largest absolute Gasteiger partial charge is 0.378 e. The van der Waals surface area contributed by atoms with Crippen LogP contribution in [0.1, 0.15) is 97.8 Å². The minimum Gasteiger partial charge on any atom is -0.378 e. The molecular formula is C19H38O. The average Bonchev–Trinajstić information content (AvgIpc) is 2.47. The second-order valence-electron chi connectivity index (χ2n) is 5.86. The van der Waals surface area contributed by atoms with E-state index in [0.717, 1.165) is 13.0 Å². The molecule has 0 fully saturated rings. The summed E-state index contributed by atoms with van der Waals surface area (Å²) in [6, 6.07) is 0. The van der Waals surface area contributed by atoms with Crippen molar-refractivity contribution in [3.05, 3.63) is 12.2 Å². The molecule has 20 heavy (non-hydrogen) atoms. The van der Waals surface area contributed by atoms with Gasteiger partial charge in [-0.05, 0) is 44.9 Å². The third-order valence-corrected chi connectivity index (χ3v) is 3.84. The molecule has 0 bridgehead atoms. The number of rotatable bonds is 15. The standard InChI is InChI=1S/C19H38O/c1-4-7-9-10-11-12-13-14-15-16-17-19(6-3)20-18-8-5-2/h12-13,19H,4-11,14-18H2,1-3H3. The van der Waals surface area contributed by atoms with Gasteiger partial charge in [0.1, 0.15) is 0 Å². The lowest BCUT2D eigenvalue weighted by Crippen LogP contribution is -2.12. The van der Waals surface area contributed by atoms with E-state index in [1.165, 1.54) is 70.6 Å². The lowest BCUT2D eigenvalue weighted by molar-refractivity contribution is 0.0416. The zero-order valence-electron chi connectivity index (χ0n) is 14.3. The molecule has 0 aliphatic heterocycles. The second-order valence-corrected chi connectivity index (χ2v) is 5.86. The van der Waals surface area contributed by atoms with Crippen LogP contribution in [0.25, 0.3) is 0 Å². The maximum absolute atomic E-state index is 5.90. The van der Waals surface area contributed by atoms with Gasteiger partial charge in [0.25, 0.3) is 0 Å². The van der Waals surface area contributed by atoms with Gasteiger partial charge in [0.15, 0.2) is 0 Å². The highest BCUT2D eigenvalue weighted by Crippen LogP contribution is 2.11. The Balaban J connectivity index is 3.33. The summed E-state index contributed by atoms with van der Waals surface area (Å²) in [7, 11) is 0. The van der Waals surface area contributed by atoms with Crippen LogP contribution in [0.3, 0.4) is 0 Å². The zero-order chi connectivity index (χ0) is 14.9. The number of unbranched alkanes of at least 4 members (excludes halogenated alkanes) is 7. The van der Waals surface area contributed by atoms with Crippen molar-refractivity contribution in [2.75, 3.05) is 6.61 Å². The van der Waals surface area contributed by atoms with Gasteiger partial charge in [-0.1, -0.05) is 65.0 Å². The molecule has 0 aliphatic rings. The van der Waals surface area contributed by atoms with Gasteiger partial charge < -0.3 is 4.74 Å². The van der Waals surface area contributed by atoms with Gasteiger partial charge in [-0.25, -0.2) is 0 Å². The van der Waals surface area contributed by atoms with E-state index in [-0.39, 0.29) is 0 Å². The summed E-state index contributed by atoms with van der Waals surface area (Å²) in [6.07, 6.45) is 20.8. The van der Waals surface area contributed by atoms with Crippen molar-refractivity contribution in [2.45, 2.75) is 104 Å². The number of allylic oxidation sites excluding steroid dienone is 2. The second kappa shape index (κ2) is 16.8. The first-order chi connectivity index (χ1) is 9.85. The Hall–Kier alpha value is -0.300. The van der Waals surface area contributed by atoms with Crippen LogP contribution in [0.5, 0.6) is 0 Å². The molecule has 0 saturated carbocycles. The molecule has 1 unspecified atom stereocenters. The van der Waals surface area contributed by atoms with Crippen LogP contribution in [-0.2, 0) is 4.74 Å². The summed E-state index contributed by atoms with van der Waals surface area (Å²) in [5.74, 6) is 0. The molecule has 0 spiro atoms. The van der Waals surface area contributed by atoms with Crippen LogP contribution in [0.4, 0.5) is 0 Å². The molecule has 0 aromatic heterocycles. The van der Waals surface area contributed by atoms with Gasteiger partial charge in [-0.3, -0.25) is 0 Å². The highest BCUT2D eigenvalue weighted by Gasteiger charge is 2.05. The quantitative estimate of drug-likeness (QED) is 0.241. The van der Waals surface area contributed by atoms with Crippen molar-refractivity contribution < 1.29 is 4.74 Å². The summed E-state index contributed by atoms with van der Waals surface area (Å²) in [5.41, 5.74) is 0. The molecule has 0 aromatic carbocycles. The highest BCUT2D eigenvalue weighted by atomic mass is 16.5. The Morgan fingerprint density at radius 1 is 0.750 bits per heavy atom. The van der Waals surface area contributed by atoms with Crippen LogP contribution < -0.4 is 0 Å². The molecule has 0 radical (unpaired) electrons. The van der Waals surface area contributed by atoms with E-state index in [9.17, 15) is 0 Å². The number of hydrogen-bond acceptors (Lipinski definition) is 1. The Morgan fingerprint density at radius 3 is 2.00 bits per heavy atom. The summed E-state index contributed by atoms with van der Waals surface area (Å²) in [6.45, 7) is 7.68. The van der Waals surface area contributed by atoms with Gasteiger partial charge in [-0.2, -0.15) is 0 Å². The zero-order valence-corrected chi connectivity index (χ0v) is 14.3. The molecule has 0 aromatic rings. The van der Waals surface area contributed by atoms with Crippen molar-refractivity contribution in [3.63, 3.8) is 0 Å². The fourth-order valence-corrected chi connectivity index (χ4v) is 2.36. The average molecular weight is 283 g/mol. The predicted molar refractivity (Wildman–Crippen MR) is 91.3 cm³/mol. The van der Waals surface area contributed by atoms with Gasteiger partial charge >= 0.3 is 0 Å². The lowest BCUT2D eigenvalue weighted by Gasteiger charge is -2.15. The van der Waals surface area contributed by atoms with Crippen molar-refractivity contribution in [2.24, 2.45) is 0 Å². The normalized spacial score (nSPS) is 13.2.